The van der Waals surface area contributed by atoms with Crippen LogP contribution in [0.4, 0.5) is 5.69 Å². The monoisotopic (exact) mass is 424 g/mol. The zero-order valence-corrected chi connectivity index (χ0v) is 17.6. The third-order valence-corrected chi connectivity index (χ3v) is 4.44. The molecule has 2 aromatic heterocycles. The van der Waals surface area contributed by atoms with Crippen LogP contribution in [-0.4, -0.2) is 33.2 Å². The van der Waals surface area contributed by atoms with Crippen molar-refractivity contribution in [1.29, 1.82) is 0 Å². The number of aromatic nitrogens is 3. The van der Waals surface area contributed by atoms with Crippen LogP contribution in [0.1, 0.15) is 34.4 Å². The standard InChI is InChI=1S/C22H21ClN4O3/c1-4-30-20(28)12-7-16-5-8-17(9-6-16)24-22(29)21-18(23)10-11-19(25-21)27-15(3)13-14(2)26-27/h5-13H,4H2,1-3H3,(H,24,29)/b12-7+. The molecule has 0 bridgehead atoms. The van der Waals surface area contributed by atoms with Crippen molar-refractivity contribution in [2.45, 2.75) is 20.8 Å². The summed E-state index contributed by atoms with van der Waals surface area (Å²) in [4.78, 5) is 28.5. The SMILES string of the molecule is CCOC(=O)/C=C/c1ccc(NC(=O)c2nc(-n3nc(C)cc3C)ccc2Cl)cc1. The molecule has 0 aliphatic rings. The highest BCUT2D eigenvalue weighted by Crippen LogP contribution is 2.20. The highest BCUT2D eigenvalue weighted by Gasteiger charge is 2.15. The highest BCUT2D eigenvalue weighted by molar-refractivity contribution is 6.34. The average Bonchev–Trinajstić information content (AvgIpc) is 3.06. The van der Waals surface area contributed by atoms with Gasteiger partial charge in [-0.05, 0) is 62.7 Å². The topological polar surface area (TPSA) is 86.1 Å². The third kappa shape index (κ3) is 5.12. The smallest absolute Gasteiger partial charge is 0.330 e. The van der Waals surface area contributed by atoms with E-state index in [0.29, 0.717) is 18.1 Å². The van der Waals surface area contributed by atoms with Gasteiger partial charge >= 0.3 is 5.97 Å². The van der Waals surface area contributed by atoms with Crippen LogP contribution < -0.4 is 5.32 Å². The van der Waals surface area contributed by atoms with Gasteiger partial charge in [0.2, 0.25) is 0 Å². The summed E-state index contributed by atoms with van der Waals surface area (Å²) in [5.74, 6) is -0.328. The lowest BCUT2D eigenvalue weighted by Gasteiger charge is -2.09. The van der Waals surface area contributed by atoms with Gasteiger partial charge in [0.15, 0.2) is 5.82 Å². The van der Waals surface area contributed by atoms with E-state index in [1.54, 1.807) is 54.1 Å². The Bertz CT molecular complexity index is 1100. The molecule has 0 saturated carbocycles. The van der Waals surface area contributed by atoms with Gasteiger partial charge in [-0.1, -0.05) is 23.7 Å². The number of carbonyl (C=O) groups is 2. The second-order valence-corrected chi connectivity index (χ2v) is 6.91. The molecule has 0 unspecified atom stereocenters. The van der Waals surface area contributed by atoms with Crippen molar-refractivity contribution in [1.82, 2.24) is 14.8 Å². The summed E-state index contributed by atoms with van der Waals surface area (Å²) in [6, 6.07) is 12.2. The first-order valence-corrected chi connectivity index (χ1v) is 9.71. The maximum atomic E-state index is 12.7. The highest BCUT2D eigenvalue weighted by atomic mass is 35.5. The van der Waals surface area contributed by atoms with E-state index in [9.17, 15) is 9.59 Å². The van der Waals surface area contributed by atoms with Crippen molar-refractivity contribution in [2.75, 3.05) is 11.9 Å². The summed E-state index contributed by atoms with van der Waals surface area (Å²) < 4.78 is 6.50. The van der Waals surface area contributed by atoms with E-state index in [2.05, 4.69) is 15.4 Å². The van der Waals surface area contributed by atoms with Gasteiger partial charge in [0.1, 0.15) is 5.69 Å². The minimum absolute atomic E-state index is 0.105. The molecular weight excluding hydrogens is 404 g/mol. The molecule has 0 atom stereocenters. The zero-order valence-electron chi connectivity index (χ0n) is 16.8. The number of nitrogens with one attached hydrogen (secondary N) is 1. The molecule has 1 N–H and O–H groups in total. The Balaban J connectivity index is 1.75. The second kappa shape index (κ2) is 9.37. The lowest BCUT2D eigenvalue weighted by atomic mass is 10.2. The van der Waals surface area contributed by atoms with E-state index in [1.807, 2.05) is 19.9 Å². The Hall–Kier alpha value is -3.45. The van der Waals surface area contributed by atoms with Gasteiger partial charge in [-0.25, -0.2) is 14.5 Å². The van der Waals surface area contributed by atoms with E-state index in [4.69, 9.17) is 16.3 Å². The average molecular weight is 425 g/mol. The van der Waals surface area contributed by atoms with E-state index in [0.717, 1.165) is 17.0 Å². The van der Waals surface area contributed by atoms with Crippen LogP contribution in [0.25, 0.3) is 11.9 Å². The number of hydrogen-bond acceptors (Lipinski definition) is 5. The van der Waals surface area contributed by atoms with Crippen LogP contribution in [0.3, 0.4) is 0 Å². The molecule has 8 heteroatoms. The van der Waals surface area contributed by atoms with Gasteiger partial charge in [0.05, 0.1) is 17.3 Å². The Labute approximate surface area is 179 Å². The minimum atomic E-state index is -0.432. The Morgan fingerprint density at radius 1 is 1.17 bits per heavy atom. The number of ether oxygens (including phenoxy) is 1. The molecule has 0 radical (unpaired) electrons. The number of pyridine rings is 1. The van der Waals surface area contributed by atoms with Gasteiger partial charge in [-0.15, -0.1) is 0 Å². The first-order valence-electron chi connectivity index (χ1n) is 9.34. The first-order chi connectivity index (χ1) is 14.4. The summed E-state index contributed by atoms with van der Waals surface area (Å²) in [7, 11) is 0. The van der Waals surface area contributed by atoms with Crippen molar-refractivity contribution in [3.8, 4) is 5.82 Å². The summed E-state index contributed by atoms with van der Waals surface area (Å²) >= 11 is 6.21. The molecule has 154 valence electrons. The molecule has 0 spiro atoms. The number of aryl methyl sites for hydroxylation is 2. The predicted molar refractivity (Wildman–Crippen MR) is 116 cm³/mol. The summed E-state index contributed by atoms with van der Waals surface area (Å²) in [6.45, 7) is 5.87. The largest absolute Gasteiger partial charge is 0.463 e. The van der Waals surface area contributed by atoms with Gasteiger partial charge in [-0.3, -0.25) is 4.79 Å². The van der Waals surface area contributed by atoms with E-state index < -0.39 is 11.9 Å². The number of benzene rings is 1. The predicted octanol–water partition coefficient (Wildman–Crippen LogP) is 4.37. The van der Waals surface area contributed by atoms with Gasteiger partial charge < -0.3 is 10.1 Å². The van der Waals surface area contributed by atoms with Crippen LogP contribution in [0, 0.1) is 13.8 Å². The molecule has 3 rings (SSSR count). The molecule has 0 aliphatic carbocycles. The number of amides is 1. The molecule has 0 saturated heterocycles. The lowest BCUT2D eigenvalue weighted by molar-refractivity contribution is -0.137. The fraction of sp³-hybridized carbons (Fsp3) is 0.182. The van der Waals surface area contributed by atoms with Crippen LogP contribution in [0.5, 0.6) is 0 Å². The number of anilines is 1. The van der Waals surface area contributed by atoms with E-state index in [-0.39, 0.29) is 10.7 Å². The van der Waals surface area contributed by atoms with Crippen LogP contribution in [0.15, 0.2) is 48.5 Å². The van der Waals surface area contributed by atoms with Crippen molar-refractivity contribution in [2.24, 2.45) is 0 Å². The van der Waals surface area contributed by atoms with Crippen LogP contribution in [0.2, 0.25) is 5.02 Å². The maximum absolute atomic E-state index is 12.7. The fourth-order valence-electron chi connectivity index (χ4n) is 2.79. The van der Waals surface area contributed by atoms with Crippen molar-refractivity contribution in [3.05, 3.63) is 76.2 Å². The van der Waals surface area contributed by atoms with Crippen molar-refractivity contribution in [3.63, 3.8) is 0 Å². The Morgan fingerprint density at radius 3 is 2.53 bits per heavy atom. The van der Waals surface area contributed by atoms with Gasteiger partial charge in [-0.2, -0.15) is 5.10 Å². The van der Waals surface area contributed by atoms with Gasteiger partial charge in [0.25, 0.3) is 5.91 Å². The first kappa shape index (κ1) is 21.3. The van der Waals surface area contributed by atoms with Crippen molar-refractivity contribution < 1.29 is 14.3 Å². The molecule has 7 nitrogen and oxygen atoms in total. The summed E-state index contributed by atoms with van der Waals surface area (Å²) in [5.41, 5.74) is 3.23. The summed E-state index contributed by atoms with van der Waals surface area (Å²) in [5, 5.41) is 7.41. The fourth-order valence-corrected chi connectivity index (χ4v) is 2.98. The van der Waals surface area contributed by atoms with Crippen LogP contribution >= 0.6 is 11.6 Å². The molecule has 2 heterocycles. The molecule has 0 aliphatic heterocycles. The zero-order chi connectivity index (χ0) is 21.7. The Kier molecular flexibility index (Phi) is 6.64. The molecular formula is C22H21ClN4O3. The van der Waals surface area contributed by atoms with Crippen molar-refractivity contribution >= 4 is 35.2 Å². The van der Waals surface area contributed by atoms with E-state index >= 15 is 0 Å². The molecule has 3 aromatic rings. The van der Waals surface area contributed by atoms with Crippen LogP contribution in [-0.2, 0) is 9.53 Å². The maximum Gasteiger partial charge on any atom is 0.330 e. The molecule has 1 aromatic carbocycles. The molecule has 0 fully saturated rings. The van der Waals surface area contributed by atoms with Gasteiger partial charge in [0, 0.05) is 17.5 Å². The summed E-state index contributed by atoms with van der Waals surface area (Å²) in [6.07, 6.45) is 2.99. The quantitative estimate of drug-likeness (QED) is 0.469. The molecule has 1 amide bonds. The minimum Gasteiger partial charge on any atom is -0.463 e. The molecule has 30 heavy (non-hydrogen) atoms. The number of carbonyl (C=O) groups excluding carboxylic acids is 2. The Morgan fingerprint density at radius 2 is 1.90 bits per heavy atom. The second-order valence-electron chi connectivity index (χ2n) is 6.50. The number of esters is 1. The normalized spacial score (nSPS) is 10.9. The lowest BCUT2D eigenvalue weighted by Crippen LogP contribution is -2.16. The number of nitrogens with zero attached hydrogens (tertiary/aromatic N) is 3. The number of hydrogen-bond donors (Lipinski definition) is 1. The number of halogens is 1. The number of rotatable bonds is 6. The van der Waals surface area contributed by atoms with E-state index in [1.165, 1.54) is 6.08 Å². The third-order valence-electron chi connectivity index (χ3n) is 4.14.